The molecule has 0 aromatic heterocycles. The second-order valence-corrected chi connectivity index (χ2v) is 7.29. The number of carbonyl (C=O) groups excluding carboxylic acids is 1. The monoisotopic (exact) mass is 403 g/mol. The molecule has 1 amide bonds. The van der Waals surface area contributed by atoms with Crippen LogP contribution in [0.5, 0.6) is 11.5 Å². The van der Waals surface area contributed by atoms with Gasteiger partial charge in [-0.2, -0.15) is 0 Å². The van der Waals surface area contributed by atoms with E-state index in [1.807, 2.05) is 55.6 Å². The number of benzene rings is 3. The van der Waals surface area contributed by atoms with E-state index in [0.29, 0.717) is 24.5 Å². The summed E-state index contributed by atoms with van der Waals surface area (Å²) in [6.07, 6.45) is 2.14. The van der Waals surface area contributed by atoms with E-state index in [1.54, 1.807) is 18.1 Å². The Morgan fingerprint density at radius 3 is 2.57 bits per heavy atom. The summed E-state index contributed by atoms with van der Waals surface area (Å²) in [5.74, 6) is 1.53. The first-order valence-corrected chi connectivity index (χ1v) is 10.3. The van der Waals surface area contributed by atoms with Crippen LogP contribution >= 0.6 is 0 Å². The lowest BCUT2D eigenvalue weighted by atomic mass is 10.0. The summed E-state index contributed by atoms with van der Waals surface area (Å²) < 4.78 is 11.2. The normalized spacial score (nSPS) is 10.5. The van der Waals surface area contributed by atoms with Gasteiger partial charge >= 0.3 is 0 Å². The van der Waals surface area contributed by atoms with Crippen LogP contribution in [0.25, 0.3) is 11.1 Å². The molecule has 0 unspecified atom stereocenters. The predicted molar refractivity (Wildman–Crippen MR) is 121 cm³/mol. The van der Waals surface area contributed by atoms with Crippen LogP contribution < -0.4 is 9.47 Å². The Bertz CT molecular complexity index is 983. The minimum absolute atomic E-state index is 0.0393. The fraction of sp³-hybridized carbons (Fsp3) is 0.269. The van der Waals surface area contributed by atoms with Gasteiger partial charge in [-0.05, 0) is 47.9 Å². The molecule has 0 saturated carbocycles. The number of para-hydroxylation sites is 1. The minimum Gasteiger partial charge on any atom is -0.497 e. The summed E-state index contributed by atoms with van der Waals surface area (Å²) in [7, 11) is 3.42. The van der Waals surface area contributed by atoms with E-state index in [0.717, 1.165) is 35.3 Å². The van der Waals surface area contributed by atoms with Crippen LogP contribution in [0.2, 0.25) is 0 Å². The number of hydrogen-bond donors (Lipinski definition) is 0. The molecular formula is C26H29NO3. The Hall–Kier alpha value is -3.27. The standard InChI is InChI=1S/C26H29NO3/c1-4-5-16-30-25-15-7-6-14-24(25)21-11-8-10-20(17-21)19-27(2)26(28)22-12-9-13-23(18-22)29-3/h6-15,17-18H,4-5,16,19H2,1-3H3. The summed E-state index contributed by atoms with van der Waals surface area (Å²) in [6.45, 7) is 3.38. The number of hydrogen-bond acceptors (Lipinski definition) is 3. The Kier molecular flexibility index (Phi) is 7.50. The van der Waals surface area contributed by atoms with Crippen molar-refractivity contribution in [1.29, 1.82) is 0 Å². The van der Waals surface area contributed by atoms with E-state index in [4.69, 9.17) is 9.47 Å². The highest BCUT2D eigenvalue weighted by Crippen LogP contribution is 2.30. The third kappa shape index (κ3) is 5.41. The maximum atomic E-state index is 12.8. The van der Waals surface area contributed by atoms with Crippen molar-refractivity contribution >= 4 is 5.91 Å². The van der Waals surface area contributed by atoms with Crippen molar-refractivity contribution in [2.24, 2.45) is 0 Å². The van der Waals surface area contributed by atoms with Gasteiger partial charge in [0, 0.05) is 24.7 Å². The van der Waals surface area contributed by atoms with E-state index >= 15 is 0 Å². The number of unbranched alkanes of at least 4 members (excludes halogenated alkanes) is 1. The lowest BCUT2D eigenvalue weighted by molar-refractivity contribution is 0.0784. The molecular weight excluding hydrogens is 374 g/mol. The molecule has 0 bridgehead atoms. The average Bonchev–Trinajstić information content (AvgIpc) is 2.79. The topological polar surface area (TPSA) is 38.8 Å². The molecule has 3 rings (SSSR count). The summed E-state index contributed by atoms with van der Waals surface area (Å²) in [4.78, 5) is 14.5. The number of ether oxygens (including phenoxy) is 2. The van der Waals surface area contributed by atoms with Gasteiger partial charge < -0.3 is 14.4 Å². The molecule has 4 nitrogen and oxygen atoms in total. The molecule has 0 heterocycles. The first kappa shape index (κ1) is 21.4. The van der Waals surface area contributed by atoms with E-state index in [1.165, 1.54) is 0 Å². The van der Waals surface area contributed by atoms with Crippen molar-refractivity contribution in [1.82, 2.24) is 4.90 Å². The number of amides is 1. The Morgan fingerprint density at radius 1 is 0.967 bits per heavy atom. The zero-order valence-corrected chi connectivity index (χ0v) is 17.9. The van der Waals surface area contributed by atoms with Crippen molar-refractivity contribution < 1.29 is 14.3 Å². The van der Waals surface area contributed by atoms with Crippen LogP contribution in [0, 0.1) is 0 Å². The first-order valence-electron chi connectivity index (χ1n) is 10.3. The fourth-order valence-corrected chi connectivity index (χ4v) is 3.32. The van der Waals surface area contributed by atoms with Crippen molar-refractivity contribution in [2.75, 3.05) is 20.8 Å². The van der Waals surface area contributed by atoms with E-state index < -0.39 is 0 Å². The highest BCUT2D eigenvalue weighted by molar-refractivity contribution is 5.94. The predicted octanol–water partition coefficient (Wildman–Crippen LogP) is 5.81. The number of methoxy groups -OCH3 is 1. The molecule has 0 N–H and O–H groups in total. The van der Waals surface area contributed by atoms with Gasteiger partial charge in [0.1, 0.15) is 11.5 Å². The first-order chi connectivity index (χ1) is 14.6. The molecule has 0 aliphatic carbocycles. The molecule has 156 valence electrons. The highest BCUT2D eigenvalue weighted by Gasteiger charge is 2.14. The molecule has 0 aliphatic rings. The van der Waals surface area contributed by atoms with Crippen LogP contribution in [0.15, 0.2) is 72.8 Å². The zero-order valence-electron chi connectivity index (χ0n) is 17.9. The number of rotatable bonds is 9. The lowest BCUT2D eigenvalue weighted by Gasteiger charge is -2.18. The van der Waals surface area contributed by atoms with Gasteiger partial charge in [0.25, 0.3) is 5.91 Å². The third-order valence-corrected chi connectivity index (χ3v) is 4.96. The number of carbonyl (C=O) groups is 1. The van der Waals surface area contributed by atoms with Crippen LogP contribution in [-0.4, -0.2) is 31.6 Å². The third-order valence-electron chi connectivity index (χ3n) is 4.96. The molecule has 0 radical (unpaired) electrons. The Balaban J connectivity index is 1.76. The average molecular weight is 404 g/mol. The molecule has 0 aliphatic heterocycles. The van der Waals surface area contributed by atoms with Gasteiger partial charge in [-0.25, -0.2) is 0 Å². The summed E-state index contributed by atoms with van der Waals surface area (Å²) in [5, 5.41) is 0. The second-order valence-electron chi connectivity index (χ2n) is 7.29. The van der Waals surface area contributed by atoms with E-state index in [2.05, 4.69) is 25.1 Å². The lowest BCUT2D eigenvalue weighted by Crippen LogP contribution is -2.26. The maximum absolute atomic E-state index is 12.8. The Morgan fingerprint density at radius 2 is 1.77 bits per heavy atom. The van der Waals surface area contributed by atoms with Crippen LogP contribution in [0.1, 0.15) is 35.7 Å². The molecule has 3 aromatic carbocycles. The van der Waals surface area contributed by atoms with Gasteiger partial charge in [0.2, 0.25) is 0 Å². The second kappa shape index (κ2) is 10.5. The molecule has 0 atom stereocenters. The van der Waals surface area contributed by atoms with Crippen molar-refractivity contribution in [2.45, 2.75) is 26.3 Å². The molecule has 0 spiro atoms. The SMILES string of the molecule is CCCCOc1ccccc1-c1cccc(CN(C)C(=O)c2cccc(OC)c2)c1. The summed E-state index contributed by atoms with van der Waals surface area (Å²) in [5.41, 5.74) is 3.83. The van der Waals surface area contributed by atoms with E-state index in [9.17, 15) is 4.79 Å². The van der Waals surface area contributed by atoms with Crippen LogP contribution in [-0.2, 0) is 6.54 Å². The van der Waals surface area contributed by atoms with Crippen molar-refractivity contribution in [3.05, 3.63) is 83.9 Å². The quantitative estimate of drug-likeness (QED) is 0.423. The summed E-state index contributed by atoms with van der Waals surface area (Å²) >= 11 is 0. The van der Waals surface area contributed by atoms with Crippen molar-refractivity contribution in [3.8, 4) is 22.6 Å². The van der Waals surface area contributed by atoms with Crippen LogP contribution in [0.3, 0.4) is 0 Å². The minimum atomic E-state index is -0.0393. The maximum Gasteiger partial charge on any atom is 0.254 e. The van der Waals surface area contributed by atoms with Gasteiger partial charge in [-0.1, -0.05) is 55.8 Å². The van der Waals surface area contributed by atoms with Crippen molar-refractivity contribution in [3.63, 3.8) is 0 Å². The Labute approximate surface area is 179 Å². The molecule has 30 heavy (non-hydrogen) atoms. The van der Waals surface area contributed by atoms with Gasteiger partial charge in [-0.3, -0.25) is 4.79 Å². The van der Waals surface area contributed by atoms with Gasteiger partial charge in [0.15, 0.2) is 0 Å². The smallest absolute Gasteiger partial charge is 0.254 e. The van der Waals surface area contributed by atoms with Gasteiger partial charge in [0.05, 0.1) is 13.7 Å². The molecule has 3 aromatic rings. The zero-order chi connectivity index (χ0) is 21.3. The van der Waals surface area contributed by atoms with Crippen LogP contribution in [0.4, 0.5) is 0 Å². The largest absolute Gasteiger partial charge is 0.497 e. The molecule has 4 heteroatoms. The highest BCUT2D eigenvalue weighted by atomic mass is 16.5. The molecule has 0 saturated heterocycles. The van der Waals surface area contributed by atoms with Gasteiger partial charge in [-0.15, -0.1) is 0 Å². The number of nitrogens with zero attached hydrogens (tertiary/aromatic N) is 1. The van der Waals surface area contributed by atoms with E-state index in [-0.39, 0.29) is 5.91 Å². The fourth-order valence-electron chi connectivity index (χ4n) is 3.32. The molecule has 0 fully saturated rings. The summed E-state index contributed by atoms with van der Waals surface area (Å²) in [6, 6.07) is 23.6.